The normalized spacial score (nSPS) is 17.7. The summed E-state index contributed by atoms with van der Waals surface area (Å²) >= 11 is 9.63. The molecule has 2 rings (SSSR count). The highest BCUT2D eigenvalue weighted by atomic mass is 79.9. The van der Waals surface area contributed by atoms with Gasteiger partial charge in [-0.3, -0.25) is 0 Å². The van der Waals surface area contributed by atoms with Gasteiger partial charge in [-0.05, 0) is 52.9 Å². The van der Waals surface area contributed by atoms with Crippen molar-refractivity contribution in [2.75, 3.05) is 11.9 Å². The van der Waals surface area contributed by atoms with E-state index in [2.05, 4.69) is 21.2 Å². The molecule has 1 aromatic carbocycles. The van der Waals surface area contributed by atoms with Crippen LogP contribution in [-0.4, -0.2) is 17.8 Å². The van der Waals surface area contributed by atoms with Crippen molar-refractivity contribution in [3.8, 4) is 0 Å². The summed E-state index contributed by atoms with van der Waals surface area (Å²) in [6, 6.07) is 3.90. The smallest absolute Gasteiger partial charge is 0.0715 e. The number of anilines is 1. The Kier molecular flexibility index (Phi) is 5.55. The fourth-order valence-electron chi connectivity index (χ4n) is 2.72. The van der Waals surface area contributed by atoms with Gasteiger partial charge in [0.15, 0.2) is 0 Å². The standard InChI is InChI=1S/C15H21BrClNO/c1-10-6-13(16)15(8-14(10)17)18-9-12(19)7-11-4-2-3-5-11/h6,8,11-12,18-19H,2-5,7,9H2,1H3. The van der Waals surface area contributed by atoms with Gasteiger partial charge in [0.2, 0.25) is 0 Å². The molecule has 19 heavy (non-hydrogen) atoms. The zero-order valence-electron chi connectivity index (χ0n) is 11.3. The summed E-state index contributed by atoms with van der Waals surface area (Å²) in [5, 5.41) is 14.1. The maximum atomic E-state index is 10.1. The van der Waals surface area contributed by atoms with Crippen LogP contribution < -0.4 is 5.32 Å². The van der Waals surface area contributed by atoms with Crippen LogP contribution in [0.2, 0.25) is 5.02 Å². The van der Waals surface area contributed by atoms with Crippen molar-refractivity contribution < 1.29 is 5.11 Å². The number of nitrogens with one attached hydrogen (secondary N) is 1. The van der Waals surface area contributed by atoms with Crippen molar-refractivity contribution in [2.24, 2.45) is 5.92 Å². The first-order valence-corrected chi connectivity index (χ1v) is 8.11. The third kappa shape index (κ3) is 4.37. The highest BCUT2D eigenvalue weighted by Crippen LogP contribution is 2.30. The molecule has 1 aromatic rings. The molecule has 1 fully saturated rings. The largest absolute Gasteiger partial charge is 0.391 e. The van der Waals surface area contributed by atoms with Crippen LogP contribution in [0.25, 0.3) is 0 Å². The first-order chi connectivity index (χ1) is 9.06. The fraction of sp³-hybridized carbons (Fsp3) is 0.600. The number of aliphatic hydroxyl groups excluding tert-OH is 1. The van der Waals surface area contributed by atoms with Crippen molar-refractivity contribution in [2.45, 2.75) is 45.1 Å². The highest BCUT2D eigenvalue weighted by Gasteiger charge is 2.18. The molecule has 0 saturated heterocycles. The van der Waals surface area contributed by atoms with Gasteiger partial charge in [-0.25, -0.2) is 0 Å². The lowest BCUT2D eigenvalue weighted by atomic mass is 10.00. The molecule has 1 aliphatic carbocycles. The van der Waals surface area contributed by atoms with E-state index in [0.29, 0.717) is 12.5 Å². The predicted molar refractivity (Wildman–Crippen MR) is 85.0 cm³/mol. The van der Waals surface area contributed by atoms with Crippen LogP contribution in [0.3, 0.4) is 0 Å². The summed E-state index contributed by atoms with van der Waals surface area (Å²) < 4.78 is 0.988. The molecule has 0 spiro atoms. The second-order valence-corrected chi connectivity index (χ2v) is 6.76. The average molecular weight is 347 g/mol. The van der Waals surface area contributed by atoms with Gasteiger partial charge < -0.3 is 10.4 Å². The Morgan fingerprint density at radius 3 is 2.79 bits per heavy atom. The molecular formula is C15H21BrClNO. The van der Waals surface area contributed by atoms with E-state index in [1.165, 1.54) is 25.7 Å². The van der Waals surface area contributed by atoms with Crippen molar-refractivity contribution in [3.63, 3.8) is 0 Å². The number of halogens is 2. The molecule has 0 heterocycles. The average Bonchev–Trinajstić information content (AvgIpc) is 2.85. The molecule has 106 valence electrons. The van der Waals surface area contributed by atoms with Gasteiger partial charge >= 0.3 is 0 Å². The molecule has 1 saturated carbocycles. The Morgan fingerprint density at radius 1 is 1.42 bits per heavy atom. The van der Waals surface area contributed by atoms with Crippen LogP contribution in [0.5, 0.6) is 0 Å². The summed E-state index contributed by atoms with van der Waals surface area (Å²) in [5.74, 6) is 0.710. The molecule has 1 aliphatic rings. The van der Waals surface area contributed by atoms with Crippen LogP contribution in [-0.2, 0) is 0 Å². The topological polar surface area (TPSA) is 32.3 Å². The molecule has 2 nitrogen and oxygen atoms in total. The van der Waals surface area contributed by atoms with Gasteiger partial charge in [-0.15, -0.1) is 0 Å². The lowest BCUT2D eigenvalue weighted by molar-refractivity contribution is 0.155. The number of benzene rings is 1. The van der Waals surface area contributed by atoms with E-state index in [4.69, 9.17) is 11.6 Å². The molecule has 1 atom stereocenters. The summed E-state index contributed by atoms with van der Waals surface area (Å²) in [7, 11) is 0. The van der Waals surface area contributed by atoms with E-state index in [9.17, 15) is 5.11 Å². The predicted octanol–water partition coefficient (Wildman–Crippen LogP) is 4.76. The molecule has 1 unspecified atom stereocenters. The van der Waals surface area contributed by atoms with E-state index >= 15 is 0 Å². The lowest BCUT2D eigenvalue weighted by Gasteiger charge is -2.17. The van der Waals surface area contributed by atoms with Gasteiger partial charge in [-0.1, -0.05) is 37.3 Å². The minimum absolute atomic E-state index is 0.282. The molecule has 0 radical (unpaired) electrons. The number of hydrogen-bond donors (Lipinski definition) is 2. The minimum Gasteiger partial charge on any atom is -0.391 e. The fourth-order valence-corrected chi connectivity index (χ4v) is 3.49. The zero-order valence-corrected chi connectivity index (χ0v) is 13.6. The Hall–Kier alpha value is -0.250. The van der Waals surface area contributed by atoms with E-state index in [0.717, 1.165) is 27.2 Å². The van der Waals surface area contributed by atoms with Crippen LogP contribution in [0, 0.1) is 12.8 Å². The first kappa shape index (κ1) is 15.1. The molecule has 0 aromatic heterocycles. The molecule has 2 N–H and O–H groups in total. The maximum Gasteiger partial charge on any atom is 0.0715 e. The van der Waals surface area contributed by atoms with Gasteiger partial charge in [-0.2, -0.15) is 0 Å². The van der Waals surface area contributed by atoms with Gasteiger partial charge in [0.05, 0.1) is 11.8 Å². The Morgan fingerprint density at radius 2 is 2.11 bits per heavy atom. The third-order valence-corrected chi connectivity index (χ3v) is 4.92. The Bertz CT molecular complexity index is 432. The zero-order chi connectivity index (χ0) is 13.8. The summed E-state index contributed by atoms with van der Waals surface area (Å²) in [6.07, 6.45) is 5.82. The van der Waals surface area contributed by atoms with Gasteiger partial charge in [0, 0.05) is 16.0 Å². The first-order valence-electron chi connectivity index (χ1n) is 6.94. The van der Waals surface area contributed by atoms with Gasteiger partial charge in [0.1, 0.15) is 0 Å². The van der Waals surface area contributed by atoms with E-state index in [1.54, 1.807) is 0 Å². The van der Waals surface area contributed by atoms with Crippen LogP contribution in [0.4, 0.5) is 5.69 Å². The number of aryl methyl sites for hydroxylation is 1. The summed E-state index contributed by atoms with van der Waals surface area (Å²) in [6.45, 7) is 2.56. The Labute approximate surface area is 128 Å². The van der Waals surface area contributed by atoms with E-state index < -0.39 is 0 Å². The van der Waals surface area contributed by atoms with Crippen LogP contribution in [0.1, 0.15) is 37.7 Å². The highest BCUT2D eigenvalue weighted by molar-refractivity contribution is 9.10. The molecule has 0 bridgehead atoms. The summed E-state index contributed by atoms with van der Waals surface area (Å²) in [5.41, 5.74) is 1.99. The van der Waals surface area contributed by atoms with Crippen molar-refractivity contribution in [1.29, 1.82) is 0 Å². The number of aliphatic hydroxyl groups is 1. The summed E-state index contributed by atoms with van der Waals surface area (Å²) in [4.78, 5) is 0. The van der Waals surface area contributed by atoms with Crippen LogP contribution >= 0.6 is 27.5 Å². The molecule has 0 amide bonds. The van der Waals surface area contributed by atoms with E-state index in [-0.39, 0.29) is 6.10 Å². The second kappa shape index (κ2) is 6.96. The monoisotopic (exact) mass is 345 g/mol. The lowest BCUT2D eigenvalue weighted by Crippen LogP contribution is -2.22. The van der Waals surface area contributed by atoms with E-state index in [1.807, 2.05) is 19.1 Å². The van der Waals surface area contributed by atoms with Crippen molar-refractivity contribution in [1.82, 2.24) is 0 Å². The maximum absolute atomic E-state index is 10.1. The van der Waals surface area contributed by atoms with Crippen LogP contribution in [0.15, 0.2) is 16.6 Å². The van der Waals surface area contributed by atoms with Gasteiger partial charge in [0.25, 0.3) is 0 Å². The minimum atomic E-state index is -0.282. The van der Waals surface area contributed by atoms with Crippen molar-refractivity contribution >= 4 is 33.2 Å². The molecule has 4 heteroatoms. The Balaban J connectivity index is 1.85. The SMILES string of the molecule is Cc1cc(Br)c(NCC(O)CC2CCCC2)cc1Cl. The number of hydrogen-bond acceptors (Lipinski definition) is 2. The number of rotatable bonds is 5. The second-order valence-electron chi connectivity index (χ2n) is 5.50. The van der Waals surface area contributed by atoms with Crippen molar-refractivity contribution in [3.05, 3.63) is 27.2 Å². The quantitative estimate of drug-likeness (QED) is 0.805. The molecule has 0 aliphatic heterocycles. The molecular weight excluding hydrogens is 326 g/mol. The third-order valence-electron chi connectivity index (χ3n) is 3.86.